The van der Waals surface area contributed by atoms with Gasteiger partial charge in [-0.3, -0.25) is 4.98 Å². The summed E-state index contributed by atoms with van der Waals surface area (Å²) in [5.41, 5.74) is -0.395. The molecule has 2 bridgehead atoms. The van der Waals surface area contributed by atoms with Gasteiger partial charge in [-0.1, -0.05) is 12.0 Å². The van der Waals surface area contributed by atoms with Gasteiger partial charge in [0, 0.05) is 55.3 Å². The number of carbonyl (C=O) groups excluding carboxylic acids is 1. The molecule has 1 aliphatic carbocycles. The van der Waals surface area contributed by atoms with Crippen molar-refractivity contribution in [1.82, 2.24) is 30.1 Å². The van der Waals surface area contributed by atoms with Crippen molar-refractivity contribution in [1.29, 1.82) is 5.26 Å². The van der Waals surface area contributed by atoms with Crippen LogP contribution in [0.2, 0.25) is 0 Å². The van der Waals surface area contributed by atoms with Gasteiger partial charge in [0.25, 0.3) is 0 Å². The monoisotopic (exact) mass is 696 g/mol. The molecule has 2 amide bonds. The summed E-state index contributed by atoms with van der Waals surface area (Å²) in [6, 6.07) is 4.47. The molecule has 14 heteroatoms. The highest BCUT2D eigenvalue weighted by Gasteiger charge is 2.46. The summed E-state index contributed by atoms with van der Waals surface area (Å²) in [5.74, 6) is 1.06. The number of nitriles is 1. The molecular formula is C37H35F3N8O3. The third kappa shape index (κ3) is 5.97. The number of hydrogen-bond acceptors (Lipinski definition) is 9. The number of nitrogens with one attached hydrogen (secondary N) is 1. The SMILES string of the molecule is C#Cc1c(F)ccc2cc(O)cc(-c3ncc4c(N5CC6CCC(C5)N6C(=O)NC#N)nc(OCC5(CN6CCC(F)CC6)CC5)nc4c3F)c12. The summed E-state index contributed by atoms with van der Waals surface area (Å²) in [6.45, 7) is 3.19. The lowest BCUT2D eigenvalue weighted by molar-refractivity contribution is 0.107. The standard InChI is InChI=1S/C37H35F3N8O3/c1-2-26-29(39)6-3-21-13-25(49)14-27(30(21)26)32-31(40)33-28(15-42-32)34(47-16-23-4-5-24(17-47)48(23)36(50)43-20-41)45-35(44-33)51-19-37(9-10-37)18-46-11-7-22(38)8-12-46/h1,3,6,13-15,22-24,49H,4-5,7-12,16-19H2,(H,43,50). The number of piperazine rings is 1. The van der Waals surface area contributed by atoms with Crippen molar-refractivity contribution in [3.63, 3.8) is 0 Å². The quantitative estimate of drug-likeness (QED) is 0.151. The summed E-state index contributed by atoms with van der Waals surface area (Å²) in [4.78, 5) is 32.5. The fourth-order valence-electron chi connectivity index (χ4n) is 8.06. The van der Waals surface area contributed by atoms with Gasteiger partial charge < -0.3 is 24.5 Å². The number of anilines is 1. The predicted octanol–water partition coefficient (Wildman–Crippen LogP) is 5.25. The highest BCUT2D eigenvalue weighted by Crippen LogP contribution is 2.47. The van der Waals surface area contributed by atoms with Crippen LogP contribution in [0, 0.1) is 40.8 Å². The molecule has 51 heavy (non-hydrogen) atoms. The summed E-state index contributed by atoms with van der Waals surface area (Å²) in [6.07, 6.45) is 12.4. The summed E-state index contributed by atoms with van der Waals surface area (Å²) in [7, 11) is 0. The molecule has 2 aromatic carbocycles. The first-order valence-electron chi connectivity index (χ1n) is 17.2. The number of phenolic OH excluding ortho intramolecular Hbond substituents is 1. The third-order valence-corrected chi connectivity index (χ3v) is 10.8. The third-order valence-electron chi connectivity index (χ3n) is 10.8. The Hall–Kier alpha value is -5.34. The van der Waals surface area contributed by atoms with Crippen molar-refractivity contribution in [3.8, 4) is 41.6 Å². The number of ether oxygens (including phenoxy) is 1. The van der Waals surface area contributed by atoms with Crippen LogP contribution in [0.5, 0.6) is 11.8 Å². The average Bonchev–Trinajstić information content (AvgIpc) is 3.83. The van der Waals surface area contributed by atoms with E-state index < -0.39 is 23.8 Å². The number of likely N-dealkylation sites (tertiary alicyclic amines) is 1. The average molecular weight is 697 g/mol. The molecule has 5 heterocycles. The van der Waals surface area contributed by atoms with Crippen LogP contribution in [0.15, 0.2) is 30.5 Å². The maximum atomic E-state index is 16.9. The number of carbonyl (C=O) groups is 1. The Kier molecular flexibility index (Phi) is 8.22. The summed E-state index contributed by atoms with van der Waals surface area (Å²) < 4.78 is 51.9. The Morgan fingerprint density at radius 2 is 1.86 bits per heavy atom. The molecular weight excluding hydrogens is 661 g/mol. The number of urea groups is 1. The van der Waals surface area contributed by atoms with E-state index in [2.05, 4.69) is 26.1 Å². The number of alkyl halides is 1. The zero-order valence-electron chi connectivity index (χ0n) is 27.7. The Bertz CT molecular complexity index is 2130. The number of fused-ring (bicyclic) bond motifs is 4. The Labute approximate surface area is 292 Å². The summed E-state index contributed by atoms with van der Waals surface area (Å²) >= 11 is 0. The molecule has 3 aliphatic heterocycles. The molecule has 2 N–H and O–H groups in total. The molecule has 2 unspecified atom stereocenters. The van der Waals surface area contributed by atoms with Gasteiger partial charge in [0.2, 0.25) is 0 Å². The molecule has 2 atom stereocenters. The Morgan fingerprint density at radius 3 is 2.55 bits per heavy atom. The molecule has 4 fully saturated rings. The number of amides is 2. The van der Waals surface area contributed by atoms with Crippen molar-refractivity contribution in [3.05, 3.63) is 47.7 Å². The van der Waals surface area contributed by atoms with E-state index in [1.807, 2.05) is 4.90 Å². The van der Waals surface area contributed by atoms with Crippen LogP contribution < -0.4 is 15.0 Å². The molecule has 4 aromatic rings. The van der Waals surface area contributed by atoms with Gasteiger partial charge in [0.05, 0.1) is 29.6 Å². The van der Waals surface area contributed by atoms with Crippen molar-refractivity contribution >= 4 is 33.5 Å². The number of halogens is 3. The largest absolute Gasteiger partial charge is 0.508 e. The van der Waals surface area contributed by atoms with Crippen molar-refractivity contribution in [2.24, 2.45) is 5.41 Å². The van der Waals surface area contributed by atoms with E-state index in [1.54, 1.807) is 11.1 Å². The van der Waals surface area contributed by atoms with E-state index in [0.717, 1.165) is 32.2 Å². The van der Waals surface area contributed by atoms with Crippen molar-refractivity contribution in [2.45, 2.75) is 56.8 Å². The lowest BCUT2D eigenvalue weighted by atomic mass is 9.96. The molecule has 11 nitrogen and oxygen atoms in total. The van der Waals surface area contributed by atoms with Gasteiger partial charge in [-0.2, -0.15) is 15.2 Å². The predicted molar refractivity (Wildman–Crippen MR) is 183 cm³/mol. The Morgan fingerprint density at radius 1 is 1.12 bits per heavy atom. The second kappa shape index (κ2) is 12.8. The number of terminal acetylenes is 1. The molecule has 4 aliphatic rings. The molecule has 1 saturated carbocycles. The van der Waals surface area contributed by atoms with Crippen molar-refractivity contribution < 1.29 is 27.8 Å². The molecule has 0 spiro atoms. The van der Waals surface area contributed by atoms with Gasteiger partial charge in [-0.15, -0.1) is 6.42 Å². The number of benzene rings is 2. The van der Waals surface area contributed by atoms with Gasteiger partial charge in [-0.25, -0.2) is 23.3 Å². The minimum absolute atomic E-state index is 0.0320. The first kappa shape index (κ1) is 32.8. The zero-order chi connectivity index (χ0) is 35.4. The van der Waals surface area contributed by atoms with E-state index in [-0.39, 0.29) is 57.0 Å². The van der Waals surface area contributed by atoms with Crippen LogP contribution in [0.4, 0.5) is 23.8 Å². The molecule has 262 valence electrons. The van der Waals surface area contributed by atoms with Crippen LogP contribution in [-0.2, 0) is 0 Å². The fourth-order valence-corrected chi connectivity index (χ4v) is 8.06. The second-order valence-corrected chi connectivity index (χ2v) is 14.1. The first-order valence-corrected chi connectivity index (χ1v) is 17.2. The second-order valence-electron chi connectivity index (χ2n) is 14.1. The Balaban J connectivity index is 1.20. The van der Waals surface area contributed by atoms with Gasteiger partial charge in [0.1, 0.15) is 34.8 Å². The number of nitrogens with zero attached hydrogens (tertiary/aromatic N) is 7. The number of hydrogen-bond donors (Lipinski definition) is 2. The van der Waals surface area contributed by atoms with Gasteiger partial charge >= 0.3 is 12.0 Å². The minimum atomic E-state index is -0.828. The van der Waals surface area contributed by atoms with E-state index >= 15 is 4.39 Å². The normalized spacial score (nSPS) is 21.4. The number of piperidine rings is 1. The number of aromatic hydroxyl groups is 1. The lowest BCUT2D eigenvalue weighted by Gasteiger charge is -2.41. The van der Waals surface area contributed by atoms with E-state index in [9.17, 15) is 18.7 Å². The van der Waals surface area contributed by atoms with Crippen LogP contribution in [0.3, 0.4) is 0 Å². The van der Waals surface area contributed by atoms with Crippen LogP contribution in [-0.4, -0.2) is 93.5 Å². The highest BCUT2D eigenvalue weighted by atomic mass is 19.1. The number of phenols is 1. The fraction of sp³-hybridized carbons (Fsp3) is 0.432. The highest BCUT2D eigenvalue weighted by molar-refractivity contribution is 6.03. The first-order chi connectivity index (χ1) is 24.7. The van der Waals surface area contributed by atoms with Crippen LogP contribution in [0.25, 0.3) is 32.9 Å². The molecule has 3 saturated heterocycles. The topological polar surface area (TPSA) is 131 Å². The zero-order valence-corrected chi connectivity index (χ0v) is 27.7. The maximum Gasteiger partial charge on any atom is 0.331 e. The van der Waals surface area contributed by atoms with E-state index in [1.165, 1.54) is 30.5 Å². The molecule has 0 radical (unpaired) electrons. The van der Waals surface area contributed by atoms with Gasteiger partial charge in [-0.05, 0) is 62.1 Å². The number of pyridine rings is 1. The smallest absolute Gasteiger partial charge is 0.331 e. The van der Waals surface area contributed by atoms with Crippen molar-refractivity contribution in [2.75, 3.05) is 44.2 Å². The van der Waals surface area contributed by atoms with E-state index in [4.69, 9.17) is 21.4 Å². The molecule has 8 rings (SSSR count). The molecule has 2 aromatic heterocycles. The van der Waals surface area contributed by atoms with Crippen LogP contribution in [0.1, 0.15) is 44.1 Å². The maximum absolute atomic E-state index is 16.9. The number of rotatable bonds is 7. The van der Waals surface area contributed by atoms with Crippen LogP contribution >= 0.6 is 0 Å². The van der Waals surface area contributed by atoms with E-state index in [0.29, 0.717) is 62.2 Å². The number of aromatic nitrogens is 3. The summed E-state index contributed by atoms with van der Waals surface area (Å²) in [5, 5.41) is 22.8. The minimum Gasteiger partial charge on any atom is -0.508 e. The van der Waals surface area contributed by atoms with Gasteiger partial charge in [0.15, 0.2) is 12.0 Å². The lowest BCUT2D eigenvalue weighted by Crippen LogP contribution is -2.58.